The molecule has 0 saturated carbocycles. The van der Waals surface area contributed by atoms with Crippen molar-refractivity contribution in [3.63, 3.8) is 0 Å². The molecule has 1 fully saturated rings. The molecule has 2 aromatic rings. The largest absolute Gasteiger partial charge is 0.296 e. The maximum Gasteiger partial charge on any atom is 0.195 e. The zero-order chi connectivity index (χ0) is 13.8. The second kappa shape index (κ2) is 6.41. The van der Waals surface area contributed by atoms with Crippen molar-refractivity contribution in [1.29, 1.82) is 0 Å². The fraction of sp³-hybridized carbons (Fsp3) is 0.467. The molecule has 0 amide bonds. The molecule has 0 radical (unpaired) electrons. The van der Waals surface area contributed by atoms with Gasteiger partial charge in [-0.25, -0.2) is 0 Å². The minimum Gasteiger partial charge on any atom is -0.296 e. The van der Waals surface area contributed by atoms with Crippen LogP contribution in [-0.2, 0) is 6.54 Å². The Morgan fingerprint density at radius 2 is 1.85 bits per heavy atom. The van der Waals surface area contributed by atoms with Crippen molar-refractivity contribution in [3.05, 3.63) is 36.2 Å². The highest BCUT2D eigenvalue weighted by Gasteiger charge is 2.18. The van der Waals surface area contributed by atoms with Crippen LogP contribution in [0.15, 0.2) is 35.5 Å². The van der Waals surface area contributed by atoms with Crippen LogP contribution in [0.3, 0.4) is 0 Å². The minimum atomic E-state index is 0.895. The molecule has 20 heavy (non-hydrogen) atoms. The van der Waals surface area contributed by atoms with E-state index in [2.05, 4.69) is 50.9 Å². The third-order valence-corrected chi connectivity index (χ3v) is 4.36. The first kappa shape index (κ1) is 13.6. The summed E-state index contributed by atoms with van der Waals surface area (Å²) >= 11 is 1.75. The Hall–Kier alpha value is -1.33. The second-order valence-electron chi connectivity index (χ2n) is 4.99. The van der Waals surface area contributed by atoms with Crippen LogP contribution in [-0.4, -0.2) is 38.5 Å². The molecule has 0 atom stereocenters. The van der Waals surface area contributed by atoms with Gasteiger partial charge in [0.15, 0.2) is 11.0 Å². The van der Waals surface area contributed by atoms with Crippen LogP contribution >= 0.6 is 11.8 Å². The van der Waals surface area contributed by atoms with Gasteiger partial charge in [0.05, 0.1) is 6.54 Å². The number of para-hydroxylation sites is 1. The molecule has 0 bridgehead atoms. The summed E-state index contributed by atoms with van der Waals surface area (Å²) in [5, 5.41) is 9.79. The van der Waals surface area contributed by atoms with Crippen LogP contribution in [0, 0.1) is 0 Å². The number of nitrogens with zero attached hydrogens (tertiary/aromatic N) is 4. The Morgan fingerprint density at radius 3 is 2.55 bits per heavy atom. The maximum atomic E-state index is 4.43. The fourth-order valence-electron chi connectivity index (χ4n) is 2.60. The molecule has 3 rings (SSSR count). The van der Waals surface area contributed by atoms with Gasteiger partial charge in [0.25, 0.3) is 0 Å². The number of thioether (sulfide) groups is 1. The van der Waals surface area contributed by atoms with Crippen molar-refractivity contribution in [2.45, 2.75) is 31.5 Å². The van der Waals surface area contributed by atoms with Gasteiger partial charge in [-0.1, -0.05) is 36.9 Å². The number of hydrogen-bond acceptors (Lipinski definition) is 4. The average Bonchev–Trinajstić information content (AvgIpc) is 3.11. The van der Waals surface area contributed by atoms with E-state index in [-0.39, 0.29) is 0 Å². The number of rotatable bonds is 5. The summed E-state index contributed by atoms with van der Waals surface area (Å²) in [7, 11) is 0. The molecule has 0 unspecified atom stereocenters. The molecule has 5 heteroatoms. The summed E-state index contributed by atoms with van der Waals surface area (Å²) in [6, 6.07) is 10.4. The normalized spacial score (nSPS) is 15.8. The van der Waals surface area contributed by atoms with Crippen molar-refractivity contribution in [1.82, 2.24) is 19.7 Å². The molecular weight excluding hydrogens is 268 g/mol. The Kier molecular flexibility index (Phi) is 4.38. The third kappa shape index (κ3) is 2.88. The lowest BCUT2D eigenvalue weighted by molar-refractivity contribution is 0.319. The van der Waals surface area contributed by atoms with E-state index in [1.807, 2.05) is 6.07 Å². The Balaban J connectivity index is 1.93. The van der Waals surface area contributed by atoms with Crippen LogP contribution in [0.5, 0.6) is 0 Å². The first-order valence-corrected chi connectivity index (χ1v) is 8.22. The van der Waals surface area contributed by atoms with Crippen LogP contribution in [0.25, 0.3) is 5.69 Å². The lowest BCUT2D eigenvalue weighted by Gasteiger charge is -2.15. The van der Waals surface area contributed by atoms with Gasteiger partial charge >= 0.3 is 0 Å². The predicted octanol–water partition coefficient (Wildman–Crippen LogP) is 2.98. The standard InChI is InChI=1S/C15H20N4S/c1-2-20-15-17-16-14(12-18-10-6-7-11-18)19(15)13-8-4-3-5-9-13/h3-5,8-9H,2,6-7,10-12H2,1H3. The minimum absolute atomic E-state index is 0.895. The van der Waals surface area contributed by atoms with Crippen molar-refractivity contribution in [2.75, 3.05) is 18.8 Å². The Labute approximate surface area is 124 Å². The number of hydrogen-bond donors (Lipinski definition) is 0. The van der Waals surface area contributed by atoms with Gasteiger partial charge < -0.3 is 0 Å². The van der Waals surface area contributed by atoms with Crippen molar-refractivity contribution in [3.8, 4) is 5.69 Å². The molecule has 0 aliphatic carbocycles. The molecule has 0 N–H and O–H groups in total. The van der Waals surface area contributed by atoms with E-state index in [4.69, 9.17) is 0 Å². The van der Waals surface area contributed by atoms with Crippen molar-refractivity contribution < 1.29 is 0 Å². The summed E-state index contributed by atoms with van der Waals surface area (Å²) in [5.74, 6) is 2.06. The van der Waals surface area contributed by atoms with Gasteiger partial charge in [-0.15, -0.1) is 10.2 Å². The fourth-order valence-corrected chi connectivity index (χ4v) is 3.30. The third-order valence-electron chi connectivity index (χ3n) is 3.55. The molecule has 1 saturated heterocycles. The zero-order valence-corrected chi connectivity index (χ0v) is 12.6. The number of likely N-dealkylation sites (tertiary alicyclic amines) is 1. The van der Waals surface area contributed by atoms with Gasteiger partial charge in [0, 0.05) is 5.69 Å². The lowest BCUT2D eigenvalue weighted by Crippen LogP contribution is -2.21. The first-order valence-electron chi connectivity index (χ1n) is 7.23. The van der Waals surface area contributed by atoms with E-state index in [0.717, 1.165) is 29.0 Å². The van der Waals surface area contributed by atoms with Crippen molar-refractivity contribution in [2.24, 2.45) is 0 Å². The van der Waals surface area contributed by atoms with Crippen molar-refractivity contribution >= 4 is 11.8 Å². The van der Waals surface area contributed by atoms with E-state index in [9.17, 15) is 0 Å². The predicted molar refractivity (Wildman–Crippen MR) is 82.3 cm³/mol. The van der Waals surface area contributed by atoms with Gasteiger partial charge in [-0.3, -0.25) is 9.47 Å². The summed E-state index contributed by atoms with van der Waals surface area (Å²) in [4.78, 5) is 2.46. The van der Waals surface area contributed by atoms with Crippen LogP contribution in [0.1, 0.15) is 25.6 Å². The van der Waals surface area contributed by atoms with Crippen LogP contribution in [0.4, 0.5) is 0 Å². The van der Waals surface area contributed by atoms with Gasteiger partial charge in [-0.2, -0.15) is 0 Å². The topological polar surface area (TPSA) is 34.0 Å². The first-order chi connectivity index (χ1) is 9.88. The molecule has 1 aliphatic rings. The molecule has 0 spiro atoms. The molecule has 2 heterocycles. The number of benzene rings is 1. The highest BCUT2D eigenvalue weighted by atomic mass is 32.2. The maximum absolute atomic E-state index is 4.43. The molecular formula is C15H20N4S. The summed E-state index contributed by atoms with van der Waals surface area (Å²) < 4.78 is 2.20. The zero-order valence-electron chi connectivity index (χ0n) is 11.8. The van der Waals surface area contributed by atoms with E-state index < -0.39 is 0 Å². The van der Waals surface area contributed by atoms with E-state index >= 15 is 0 Å². The lowest BCUT2D eigenvalue weighted by atomic mass is 10.3. The Morgan fingerprint density at radius 1 is 1.10 bits per heavy atom. The molecule has 4 nitrogen and oxygen atoms in total. The highest BCUT2D eigenvalue weighted by molar-refractivity contribution is 7.99. The monoisotopic (exact) mass is 288 g/mol. The highest BCUT2D eigenvalue weighted by Crippen LogP contribution is 2.23. The molecule has 1 aromatic heterocycles. The summed E-state index contributed by atoms with van der Waals surface area (Å²) in [6.07, 6.45) is 2.60. The number of aromatic nitrogens is 3. The molecule has 106 valence electrons. The Bertz CT molecular complexity index is 546. The van der Waals surface area contributed by atoms with Gasteiger partial charge in [-0.05, 0) is 43.8 Å². The second-order valence-corrected chi connectivity index (χ2v) is 6.22. The summed E-state index contributed by atoms with van der Waals surface area (Å²) in [5.41, 5.74) is 1.16. The van der Waals surface area contributed by atoms with E-state index in [1.54, 1.807) is 11.8 Å². The average molecular weight is 288 g/mol. The molecule has 1 aromatic carbocycles. The van der Waals surface area contributed by atoms with E-state index in [1.165, 1.54) is 25.9 Å². The van der Waals surface area contributed by atoms with E-state index in [0.29, 0.717) is 0 Å². The molecule has 1 aliphatic heterocycles. The van der Waals surface area contributed by atoms with Crippen LogP contribution in [0.2, 0.25) is 0 Å². The summed E-state index contributed by atoms with van der Waals surface area (Å²) in [6.45, 7) is 5.40. The quantitative estimate of drug-likeness (QED) is 0.792. The van der Waals surface area contributed by atoms with Gasteiger partial charge in [0.2, 0.25) is 0 Å². The van der Waals surface area contributed by atoms with Gasteiger partial charge in [0.1, 0.15) is 0 Å². The SMILES string of the molecule is CCSc1nnc(CN2CCCC2)n1-c1ccccc1. The van der Waals surface area contributed by atoms with Crippen LogP contribution < -0.4 is 0 Å². The smallest absolute Gasteiger partial charge is 0.195 e.